The van der Waals surface area contributed by atoms with E-state index >= 15 is 0 Å². The molecule has 0 aliphatic carbocycles. The molecular weight excluding hydrogens is 95.1 g/mol. The van der Waals surface area contributed by atoms with Gasteiger partial charge in [-0.3, -0.25) is 4.79 Å². The molecule has 0 aromatic heterocycles. The van der Waals surface area contributed by atoms with E-state index in [4.69, 9.17) is 0 Å². The first-order valence-corrected chi connectivity index (χ1v) is 2.06. The van der Waals surface area contributed by atoms with E-state index in [9.17, 15) is 9.18 Å². The van der Waals surface area contributed by atoms with Crippen LogP contribution in [0, 0.1) is 0 Å². The van der Waals surface area contributed by atoms with Crippen molar-refractivity contribution in [3.8, 4) is 0 Å². The van der Waals surface area contributed by atoms with Gasteiger partial charge in [-0.1, -0.05) is 13.5 Å². The monoisotopic (exact) mass is 102 g/mol. The van der Waals surface area contributed by atoms with Gasteiger partial charge in [0, 0.05) is 5.57 Å². The van der Waals surface area contributed by atoms with Crippen molar-refractivity contribution in [2.75, 3.05) is 0 Å². The summed E-state index contributed by atoms with van der Waals surface area (Å²) in [7, 11) is 0. The van der Waals surface area contributed by atoms with Crippen LogP contribution in [0.3, 0.4) is 0 Å². The molecule has 0 bridgehead atoms. The predicted molar refractivity (Wildman–Crippen MR) is 25.5 cm³/mol. The molecule has 0 saturated heterocycles. The highest BCUT2D eigenvalue weighted by Gasteiger charge is 1.98. The fourth-order valence-corrected chi connectivity index (χ4v) is 0.139. The minimum atomic E-state index is -1.40. The van der Waals surface area contributed by atoms with Gasteiger partial charge in [0.15, 0.2) is 0 Å². The van der Waals surface area contributed by atoms with Crippen molar-refractivity contribution in [1.29, 1.82) is 0 Å². The Morgan fingerprint density at radius 1 is 1.86 bits per heavy atom. The molecular formula is C5H7FO. The lowest BCUT2D eigenvalue weighted by molar-refractivity contribution is -0.125. The third-order valence-corrected chi connectivity index (χ3v) is 0.705. The molecule has 0 aliphatic rings. The van der Waals surface area contributed by atoms with Crippen molar-refractivity contribution >= 4 is 6.04 Å². The van der Waals surface area contributed by atoms with Gasteiger partial charge in [0.25, 0.3) is 0 Å². The normalized spacial score (nSPS) is 8.29. The number of hydrogen-bond donors (Lipinski definition) is 0. The zero-order chi connectivity index (χ0) is 5.86. The molecule has 0 radical (unpaired) electrons. The molecule has 0 aromatic rings. The highest BCUT2D eigenvalue weighted by atomic mass is 19.1. The highest BCUT2D eigenvalue weighted by Crippen LogP contribution is 1.96. The average molecular weight is 102 g/mol. The van der Waals surface area contributed by atoms with Crippen LogP contribution in [0.5, 0.6) is 0 Å². The maximum atomic E-state index is 11.4. The lowest BCUT2D eigenvalue weighted by Crippen LogP contribution is -1.88. The number of allylic oxidation sites excluding steroid dienone is 1. The van der Waals surface area contributed by atoms with Gasteiger partial charge in [-0.2, -0.15) is 4.39 Å². The maximum absolute atomic E-state index is 11.4. The Kier molecular flexibility index (Phi) is 2.27. The third-order valence-electron chi connectivity index (χ3n) is 0.705. The summed E-state index contributed by atoms with van der Waals surface area (Å²) in [6.45, 7) is 4.83. The number of hydrogen-bond acceptors (Lipinski definition) is 1. The summed E-state index contributed by atoms with van der Waals surface area (Å²) in [5.74, 6) is 0. The molecule has 0 rings (SSSR count). The van der Waals surface area contributed by atoms with Gasteiger partial charge in [0.2, 0.25) is 0 Å². The zero-order valence-electron chi connectivity index (χ0n) is 4.20. The number of carbonyl (C=O) groups is 1. The van der Waals surface area contributed by atoms with Crippen LogP contribution in [-0.2, 0) is 4.79 Å². The first-order chi connectivity index (χ1) is 3.18. The van der Waals surface area contributed by atoms with E-state index in [1.54, 1.807) is 6.92 Å². The van der Waals surface area contributed by atoms with E-state index < -0.39 is 6.04 Å². The lowest BCUT2D eigenvalue weighted by Gasteiger charge is -1.84. The molecule has 0 amide bonds. The van der Waals surface area contributed by atoms with Crippen molar-refractivity contribution in [2.24, 2.45) is 0 Å². The molecule has 0 fully saturated rings. The van der Waals surface area contributed by atoms with E-state index in [1.807, 2.05) is 0 Å². The van der Waals surface area contributed by atoms with Gasteiger partial charge >= 0.3 is 6.04 Å². The first kappa shape index (κ1) is 6.34. The van der Waals surface area contributed by atoms with Crippen molar-refractivity contribution in [3.63, 3.8) is 0 Å². The Morgan fingerprint density at radius 3 is 2.29 bits per heavy atom. The largest absolute Gasteiger partial charge is 0.327 e. The van der Waals surface area contributed by atoms with Crippen LogP contribution in [0.1, 0.15) is 13.3 Å². The lowest BCUT2D eigenvalue weighted by atomic mass is 10.3. The van der Waals surface area contributed by atoms with E-state index in [2.05, 4.69) is 6.58 Å². The smallest absolute Gasteiger partial charge is 0.256 e. The summed E-state index contributed by atoms with van der Waals surface area (Å²) in [4.78, 5) is 9.61. The molecule has 0 aliphatic heterocycles. The summed E-state index contributed by atoms with van der Waals surface area (Å²) in [5.41, 5.74) is 0.0417. The van der Waals surface area contributed by atoms with Crippen molar-refractivity contribution in [3.05, 3.63) is 12.2 Å². The van der Waals surface area contributed by atoms with Crippen LogP contribution in [0.4, 0.5) is 4.39 Å². The Morgan fingerprint density at radius 2 is 2.29 bits per heavy atom. The molecule has 7 heavy (non-hydrogen) atoms. The Bertz CT molecular complexity index is 96.3. The van der Waals surface area contributed by atoms with Crippen LogP contribution in [0.25, 0.3) is 0 Å². The quantitative estimate of drug-likeness (QED) is 0.381. The van der Waals surface area contributed by atoms with Gasteiger partial charge in [-0.25, -0.2) is 0 Å². The second-order valence-corrected chi connectivity index (χ2v) is 1.23. The van der Waals surface area contributed by atoms with Crippen LogP contribution in [0.15, 0.2) is 12.2 Å². The molecule has 1 nitrogen and oxygen atoms in total. The average Bonchev–Trinajstić information content (AvgIpc) is 1.65. The van der Waals surface area contributed by atoms with Gasteiger partial charge in [-0.15, -0.1) is 0 Å². The topological polar surface area (TPSA) is 17.1 Å². The molecule has 0 aromatic carbocycles. The third kappa shape index (κ3) is 2.09. The molecule has 40 valence electrons. The Balaban J connectivity index is 3.58. The highest BCUT2D eigenvalue weighted by molar-refractivity contribution is 5.86. The van der Waals surface area contributed by atoms with E-state index in [0.717, 1.165) is 0 Å². The maximum Gasteiger partial charge on any atom is 0.327 e. The van der Waals surface area contributed by atoms with Crippen LogP contribution in [0.2, 0.25) is 0 Å². The van der Waals surface area contributed by atoms with Gasteiger partial charge in [0.1, 0.15) is 0 Å². The molecule has 0 N–H and O–H groups in total. The molecule has 0 heterocycles. The summed E-state index contributed by atoms with van der Waals surface area (Å²) < 4.78 is 11.4. The molecule has 0 atom stereocenters. The van der Waals surface area contributed by atoms with Gasteiger partial charge in [-0.05, 0) is 6.42 Å². The minimum absolute atomic E-state index is 0.0417. The Labute approximate surface area is 41.8 Å². The standard InChI is InChI=1S/C5H7FO/c1-3-4(2)5(6)7/h2-3H2,1H3. The molecule has 0 unspecified atom stereocenters. The first-order valence-electron chi connectivity index (χ1n) is 2.06. The number of halogens is 1. The van der Waals surface area contributed by atoms with Crippen molar-refractivity contribution in [1.82, 2.24) is 0 Å². The summed E-state index contributed by atoms with van der Waals surface area (Å²) in [6, 6.07) is -1.40. The molecule has 2 heteroatoms. The summed E-state index contributed by atoms with van der Waals surface area (Å²) in [5, 5.41) is 0. The van der Waals surface area contributed by atoms with Gasteiger partial charge < -0.3 is 0 Å². The molecule has 0 saturated carbocycles. The number of rotatable bonds is 2. The van der Waals surface area contributed by atoms with Crippen LogP contribution < -0.4 is 0 Å². The van der Waals surface area contributed by atoms with Crippen molar-refractivity contribution < 1.29 is 9.18 Å². The van der Waals surface area contributed by atoms with Gasteiger partial charge in [0.05, 0.1) is 0 Å². The fraction of sp³-hybridized carbons (Fsp3) is 0.400. The fourth-order valence-electron chi connectivity index (χ4n) is 0.139. The van der Waals surface area contributed by atoms with Crippen molar-refractivity contribution in [2.45, 2.75) is 13.3 Å². The van der Waals surface area contributed by atoms with E-state index in [-0.39, 0.29) is 5.57 Å². The summed E-state index contributed by atoms with van der Waals surface area (Å²) >= 11 is 0. The number of carbonyl (C=O) groups excluding carboxylic acids is 1. The molecule has 0 spiro atoms. The van der Waals surface area contributed by atoms with E-state index in [1.165, 1.54) is 0 Å². The Hall–Kier alpha value is -0.660. The van der Waals surface area contributed by atoms with Crippen LogP contribution in [-0.4, -0.2) is 6.04 Å². The minimum Gasteiger partial charge on any atom is -0.256 e. The zero-order valence-corrected chi connectivity index (χ0v) is 4.20. The van der Waals surface area contributed by atoms with Crippen LogP contribution >= 0.6 is 0 Å². The predicted octanol–water partition coefficient (Wildman–Crippen LogP) is 1.45. The SMILES string of the molecule is C=C(CC)C(=O)F. The second kappa shape index (κ2) is 2.50. The van der Waals surface area contributed by atoms with E-state index in [0.29, 0.717) is 6.42 Å². The summed E-state index contributed by atoms with van der Waals surface area (Å²) in [6.07, 6.45) is 0.398. The second-order valence-electron chi connectivity index (χ2n) is 1.23.